The van der Waals surface area contributed by atoms with Crippen molar-refractivity contribution in [2.24, 2.45) is 10.9 Å². The van der Waals surface area contributed by atoms with E-state index in [9.17, 15) is 12.8 Å². The average Bonchev–Trinajstić information content (AvgIpc) is 2.44. The number of sulfonamides is 1. The smallest absolute Gasteiger partial charge is 0.241 e. The Kier molecular flexibility index (Phi) is 5.07. The highest BCUT2D eigenvalue weighted by Crippen LogP contribution is 2.20. The van der Waals surface area contributed by atoms with Crippen molar-refractivity contribution in [3.8, 4) is 0 Å². The molecular formula is C12H18FN3O3S. The molecule has 6 nitrogen and oxygen atoms in total. The van der Waals surface area contributed by atoms with Crippen LogP contribution in [-0.2, 0) is 10.0 Å². The van der Waals surface area contributed by atoms with E-state index in [1.807, 2.05) is 0 Å². The first kappa shape index (κ1) is 16.4. The summed E-state index contributed by atoms with van der Waals surface area (Å²) in [5, 5.41) is 11.7. The van der Waals surface area contributed by atoms with Crippen molar-refractivity contribution in [3.05, 3.63) is 30.1 Å². The number of halogens is 1. The monoisotopic (exact) mass is 303 g/mol. The molecule has 0 aromatic heterocycles. The van der Waals surface area contributed by atoms with E-state index >= 15 is 0 Å². The minimum Gasteiger partial charge on any atom is -0.409 e. The van der Waals surface area contributed by atoms with E-state index in [0.717, 1.165) is 24.3 Å². The molecule has 0 heterocycles. The number of oxime groups is 1. The normalized spacial score (nSPS) is 13.4. The molecule has 8 heteroatoms. The predicted molar refractivity (Wildman–Crippen MR) is 73.4 cm³/mol. The van der Waals surface area contributed by atoms with Gasteiger partial charge in [0.1, 0.15) is 5.82 Å². The first-order valence-corrected chi connectivity index (χ1v) is 7.57. The molecule has 20 heavy (non-hydrogen) atoms. The lowest BCUT2D eigenvalue weighted by Crippen LogP contribution is -2.56. The second-order valence-corrected chi connectivity index (χ2v) is 6.02. The van der Waals surface area contributed by atoms with E-state index in [2.05, 4.69) is 9.88 Å². The highest BCUT2D eigenvalue weighted by Gasteiger charge is 2.36. The van der Waals surface area contributed by atoms with Crippen molar-refractivity contribution in [1.29, 1.82) is 0 Å². The van der Waals surface area contributed by atoms with E-state index in [1.54, 1.807) is 13.8 Å². The Bertz CT molecular complexity index is 580. The second-order valence-electron chi connectivity index (χ2n) is 4.33. The Hall–Kier alpha value is -1.67. The van der Waals surface area contributed by atoms with E-state index in [0.29, 0.717) is 12.8 Å². The molecule has 0 amide bonds. The van der Waals surface area contributed by atoms with Gasteiger partial charge in [0.05, 0.1) is 10.4 Å². The molecule has 0 fully saturated rings. The molecule has 4 N–H and O–H groups in total. The van der Waals surface area contributed by atoms with E-state index in [4.69, 9.17) is 10.9 Å². The van der Waals surface area contributed by atoms with Crippen LogP contribution >= 0.6 is 0 Å². The summed E-state index contributed by atoms with van der Waals surface area (Å²) >= 11 is 0. The molecular weight excluding hydrogens is 285 g/mol. The zero-order valence-corrected chi connectivity index (χ0v) is 12.1. The maximum absolute atomic E-state index is 12.8. The van der Waals surface area contributed by atoms with Gasteiger partial charge in [0.2, 0.25) is 10.0 Å². The lowest BCUT2D eigenvalue weighted by atomic mass is 9.93. The molecule has 0 unspecified atom stereocenters. The lowest BCUT2D eigenvalue weighted by Gasteiger charge is -2.30. The largest absolute Gasteiger partial charge is 0.409 e. The second kappa shape index (κ2) is 6.19. The summed E-state index contributed by atoms with van der Waals surface area (Å²) in [6.45, 7) is 3.43. The summed E-state index contributed by atoms with van der Waals surface area (Å²) in [7, 11) is -3.90. The summed E-state index contributed by atoms with van der Waals surface area (Å²) in [4.78, 5) is -0.0871. The Morgan fingerprint density at radius 3 is 2.25 bits per heavy atom. The highest BCUT2D eigenvalue weighted by atomic mass is 32.2. The fraction of sp³-hybridized carbons (Fsp3) is 0.417. The van der Waals surface area contributed by atoms with Crippen LogP contribution < -0.4 is 10.5 Å². The van der Waals surface area contributed by atoms with Gasteiger partial charge in [0, 0.05) is 0 Å². The van der Waals surface area contributed by atoms with Crippen LogP contribution in [0.5, 0.6) is 0 Å². The first-order valence-electron chi connectivity index (χ1n) is 6.09. The fourth-order valence-corrected chi connectivity index (χ4v) is 3.35. The number of rotatable bonds is 6. The molecule has 112 valence electrons. The third kappa shape index (κ3) is 3.26. The molecule has 0 aliphatic rings. The molecule has 0 aliphatic heterocycles. The number of amidine groups is 1. The molecule has 0 radical (unpaired) electrons. The average molecular weight is 303 g/mol. The molecule has 0 bridgehead atoms. The van der Waals surface area contributed by atoms with Gasteiger partial charge in [-0.3, -0.25) is 0 Å². The molecule has 0 atom stereocenters. The zero-order chi connectivity index (χ0) is 15.4. The predicted octanol–water partition coefficient (Wildman–Crippen LogP) is 1.41. The van der Waals surface area contributed by atoms with Gasteiger partial charge in [-0.2, -0.15) is 4.72 Å². The topological polar surface area (TPSA) is 105 Å². The van der Waals surface area contributed by atoms with Crippen molar-refractivity contribution < 1.29 is 18.0 Å². The highest BCUT2D eigenvalue weighted by molar-refractivity contribution is 7.89. The molecule has 0 spiro atoms. The molecule has 1 aromatic carbocycles. The van der Waals surface area contributed by atoms with E-state index in [-0.39, 0.29) is 10.7 Å². The van der Waals surface area contributed by atoms with Gasteiger partial charge in [-0.25, -0.2) is 12.8 Å². The summed E-state index contributed by atoms with van der Waals surface area (Å²) < 4.78 is 39.8. The maximum Gasteiger partial charge on any atom is 0.241 e. The van der Waals surface area contributed by atoms with E-state index < -0.39 is 21.4 Å². The van der Waals surface area contributed by atoms with Crippen molar-refractivity contribution >= 4 is 15.9 Å². The third-order valence-electron chi connectivity index (χ3n) is 3.26. The van der Waals surface area contributed by atoms with Crippen LogP contribution in [0.4, 0.5) is 4.39 Å². The van der Waals surface area contributed by atoms with Crippen LogP contribution in [0.3, 0.4) is 0 Å². The van der Waals surface area contributed by atoms with Crippen molar-refractivity contribution in [2.75, 3.05) is 0 Å². The number of nitrogens with two attached hydrogens (primary N) is 1. The summed E-state index contributed by atoms with van der Waals surface area (Å²) in [6, 6.07) is 4.41. The van der Waals surface area contributed by atoms with Crippen molar-refractivity contribution in [2.45, 2.75) is 37.1 Å². The number of nitrogens with one attached hydrogen (secondary N) is 1. The Labute approximate surface area is 117 Å². The van der Waals surface area contributed by atoms with Crippen LogP contribution in [-0.4, -0.2) is 25.0 Å². The maximum atomic E-state index is 12.8. The molecule has 1 aromatic rings. The summed E-state index contributed by atoms with van der Waals surface area (Å²) in [6.07, 6.45) is 0.611. The summed E-state index contributed by atoms with van der Waals surface area (Å²) in [5.74, 6) is -0.745. The van der Waals surface area contributed by atoms with E-state index in [1.165, 1.54) is 0 Å². The summed E-state index contributed by atoms with van der Waals surface area (Å²) in [5.41, 5.74) is 4.42. The van der Waals surface area contributed by atoms with Crippen LogP contribution in [0, 0.1) is 5.82 Å². The van der Waals surface area contributed by atoms with Crippen LogP contribution in [0.15, 0.2) is 34.3 Å². The first-order chi connectivity index (χ1) is 9.31. The number of hydrogen-bond acceptors (Lipinski definition) is 4. The lowest BCUT2D eigenvalue weighted by molar-refractivity contribution is 0.307. The fourth-order valence-electron chi connectivity index (χ4n) is 1.83. The SMILES string of the molecule is CCC(CC)(NS(=O)(=O)c1ccc(F)cc1)/C(N)=N/O. The van der Waals surface area contributed by atoms with Gasteiger partial charge in [-0.1, -0.05) is 19.0 Å². The molecule has 0 saturated heterocycles. The van der Waals surface area contributed by atoms with Crippen molar-refractivity contribution in [3.63, 3.8) is 0 Å². The van der Waals surface area contributed by atoms with Gasteiger partial charge in [-0.15, -0.1) is 0 Å². The van der Waals surface area contributed by atoms with Gasteiger partial charge in [0.25, 0.3) is 0 Å². The van der Waals surface area contributed by atoms with Crippen molar-refractivity contribution in [1.82, 2.24) is 4.72 Å². The van der Waals surface area contributed by atoms with Gasteiger partial charge < -0.3 is 10.9 Å². The van der Waals surface area contributed by atoms with Gasteiger partial charge >= 0.3 is 0 Å². The van der Waals surface area contributed by atoms with Gasteiger partial charge in [0.15, 0.2) is 5.84 Å². The molecule has 1 rings (SSSR count). The molecule has 0 saturated carbocycles. The van der Waals surface area contributed by atoms with Crippen LogP contribution in [0.1, 0.15) is 26.7 Å². The third-order valence-corrected chi connectivity index (χ3v) is 4.81. The minimum absolute atomic E-state index is 0.0871. The minimum atomic E-state index is -3.90. The zero-order valence-electron chi connectivity index (χ0n) is 11.3. The Morgan fingerprint density at radius 1 is 1.35 bits per heavy atom. The van der Waals surface area contributed by atoms with Gasteiger partial charge in [-0.05, 0) is 37.1 Å². The Balaban J connectivity index is 3.19. The number of hydrogen-bond donors (Lipinski definition) is 3. The number of benzene rings is 1. The molecule has 0 aliphatic carbocycles. The van der Waals surface area contributed by atoms with Crippen LogP contribution in [0.25, 0.3) is 0 Å². The number of nitrogens with zero attached hydrogens (tertiary/aromatic N) is 1. The standard InChI is InChI=1S/C12H18FN3O3S/c1-3-12(4-2,11(14)15-17)16-20(18,19)10-7-5-9(13)6-8-10/h5-8,16-17H,3-4H2,1-2H3,(H2,14,15). The van der Waals surface area contributed by atoms with Crippen LogP contribution in [0.2, 0.25) is 0 Å². The quantitative estimate of drug-likeness (QED) is 0.320. The Morgan fingerprint density at radius 2 is 1.85 bits per heavy atom.